The van der Waals surface area contributed by atoms with Crippen LogP contribution >= 0.6 is 0 Å². The van der Waals surface area contributed by atoms with Gasteiger partial charge in [0.25, 0.3) is 11.8 Å². The molecule has 2 aliphatic heterocycles. The number of hydrogen-bond acceptors (Lipinski definition) is 6. The van der Waals surface area contributed by atoms with Gasteiger partial charge in [-0.1, -0.05) is 17.2 Å². The third-order valence-corrected chi connectivity index (χ3v) is 4.77. The second-order valence-corrected chi connectivity index (χ2v) is 8.07. The number of nitrogens with zero attached hydrogens (tertiary/aromatic N) is 2. The minimum Gasteiger partial charge on any atom is -0.444 e. The molecule has 3 amide bonds. The molecule has 0 N–H and O–H groups in total. The van der Waals surface area contributed by atoms with Crippen LogP contribution in [0.5, 0.6) is 0 Å². The Morgan fingerprint density at radius 3 is 2.07 bits per heavy atom. The summed E-state index contributed by atoms with van der Waals surface area (Å²) >= 11 is 0. The molecule has 1 aromatic rings. The van der Waals surface area contributed by atoms with Crippen LogP contribution in [0.15, 0.2) is 24.3 Å². The van der Waals surface area contributed by atoms with Crippen LogP contribution in [0.3, 0.4) is 0 Å². The second-order valence-electron chi connectivity index (χ2n) is 8.07. The van der Waals surface area contributed by atoms with Crippen LogP contribution in [-0.4, -0.2) is 58.7 Å². The lowest BCUT2D eigenvalue weighted by atomic mass is 9.92. The van der Waals surface area contributed by atoms with Crippen LogP contribution in [0.4, 0.5) is 9.18 Å². The summed E-state index contributed by atoms with van der Waals surface area (Å²) in [4.78, 5) is 55.0. The SMILES string of the molecule is CC(C)(C)OC(=O)N1CCC(C(F)C(=O)ON2C(=O)c3ccccc3C2=O)CC1. The zero-order valence-electron chi connectivity index (χ0n) is 16.5. The van der Waals surface area contributed by atoms with Crippen molar-refractivity contribution in [2.24, 2.45) is 5.92 Å². The number of likely N-dealkylation sites (tertiary alicyclic amines) is 1. The number of amides is 3. The Kier molecular flexibility index (Phi) is 5.59. The summed E-state index contributed by atoms with van der Waals surface area (Å²) in [6, 6.07) is 6.02. The van der Waals surface area contributed by atoms with E-state index in [9.17, 15) is 23.6 Å². The lowest BCUT2D eigenvalue weighted by Crippen LogP contribution is -2.45. The third-order valence-electron chi connectivity index (χ3n) is 4.77. The molecule has 0 radical (unpaired) electrons. The Hall–Kier alpha value is -2.97. The molecule has 156 valence electrons. The maximum Gasteiger partial charge on any atom is 0.410 e. The number of ether oxygens (including phenoxy) is 1. The van der Waals surface area contributed by atoms with E-state index >= 15 is 0 Å². The second kappa shape index (κ2) is 7.81. The number of alkyl halides is 1. The fraction of sp³-hybridized carbons (Fsp3) is 0.500. The van der Waals surface area contributed by atoms with Crippen molar-refractivity contribution in [3.8, 4) is 0 Å². The van der Waals surface area contributed by atoms with Crippen molar-refractivity contribution < 1.29 is 33.1 Å². The standard InChI is InChI=1S/C20H23FN2O6/c1-20(2,3)28-19(27)22-10-8-12(9-11-22)15(21)18(26)29-23-16(24)13-6-4-5-7-14(13)17(23)25/h4-7,12,15H,8-11H2,1-3H3. The number of hydrogen-bond donors (Lipinski definition) is 0. The molecule has 1 aromatic carbocycles. The summed E-state index contributed by atoms with van der Waals surface area (Å²) in [5, 5.41) is 0.301. The third kappa shape index (κ3) is 4.38. The maximum atomic E-state index is 14.7. The summed E-state index contributed by atoms with van der Waals surface area (Å²) in [6.45, 7) is 5.74. The molecule has 0 aromatic heterocycles. The van der Waals surface area contributed by atoms with Gasteiger partial charge in [0.1, 0.15) is 5.60 Å². The van der Waals surface area contributed by atoms with Crippen molar-refractivity contribution in [3.63, 3.8) is 0 Å². The molecule has 8 nitrogen and oxygen atoms in total. The molecule has 3 rings (SSSR count). The molecule has 2 aliphatic rings. The van der Waals surface area contributed by atoms with Gasteiger partial charge in [-0.3, -0.25) is 9.59 Å². The van der Waals surface area contributed by atoms with Crippen molar-refractivity contribution in [3.05, 3.63) is 35.4 Å². The summed E-state index contributed by atoms with van der Waals surface area (Å²) < 4.78 is 19.9. The number of fused-ring (bicyclic) bond motifs is 1. The van der Waals surface area contributed by atoms with E-state index in [1.807, 2.05) is 0 Å². The fourth-order valence-corrected chi connectivity index (χ4v) is 3.28. The summed E-state index contributed by atoms with van der Waals surface area (Å²) in [7, 11) is 0. The molecule has 0 spiro atoms. The van der Waals surface area contributed by atoms with Gasteiger partial charge in [0.15, 0.2) is 0 Å². The highest BCUT2D eigenvalue weighted by Crippen LogP contribution is 2.27. The highest BCUT2D eigenvalue weighted by Gasteiger charge is 2.42. The molecule has 1 unspecified atom stereocenters. The number of benzene rings is 1. The predicted octanol–water partition coefficient (Wildman–Crippen LogP) is 2.73. The van der Waals surface area contributed by atoms with Gasteiger partial charge in [0.2, 0.25) is 6.17 Å². The van der Waals surface area contributed by atoms with E-state index in [2.05, 4.69) is 0 Å². The topological polar surface area (TPSA) is 93.2 Å². The van der Waals surface area contributed by atoms with Crippen LogP contribution in [0, 0.1) is 5.92 Å². The highest BCUT2D eigenvalue weighted by molar-refractivity contribution is 6.20. The molecular formula is C20H23FN2O6. The van der Waals surface area contributed by atoms with E-state index in [0.29, 0.717) is 5.06 Å². The number of carbonyl (C=O) groups excluding carboxylic acids is 4. The monoisotopic (exact) mass is 406 g/mol. The van der Waals surface area contributed by atoms with Crippen molar-refractivity contribution in [1.29, 1.82) is 0 Å². The number of hydroxylamine groups is 2. The summed E-state index contributed by atoms with van der Waals surface area (Å²) in [6.07, 6.45) is -2.03. The minimum atomic E-state index is -2.01. The molecule has 0 saturated carbocycles. The van der Waals surface area contributed by atoms with Crippen molar-refractivity contribution in [2.75, 3.05) is 13.1 Å². The summed E-state index contributed by atoms with van der Waals surface area (Å²) in [5.74, 6) is -3.58. The first kappa shape index (κ1) is 20.8. The van der Waals surface area contributed by atoms with Gasteiger partial charge in [-0.05, 0) is 45.7 Å². The van der Waals surface area contributed by atoms with Crippen LogP contribution in [0.25, 0.3) is 0 Å². The fourth-order valence-electron chi connectivity index (χ4n) is 3.28. The number of halogens is 1. The van der Waals surface area contributed by atoms with E-state index in [0.717, 1.165) is 0 Å². The van der Waals surface area contributed by atoms with Crippen LogP contribution in [0.1, 0.15) is 54.3 Å². The normalized spacial score (nSPS) is 18.5. The Morgan fingerprint density at radius 1 is 1.07 bits per heavy atom. The van der Waals surface area contributed by atoms with E-state index in [1.54, 1.807) is 32.9 Å². The Labute approximate surface area is 167 Å². The lowest BCUT2D eigenvalue weighted by molar-refractivity contribution is -0.177. The molecule has 0 bridgehead atoms. The first-order valence-electron chi connectivity index (χ1n) is 9.40. The number of rotatable bonds is 3. The van der Waals surface area contributed by atoms with E-state index in [4.69, 9.17) is 9.57 Å². The molecule has 9 heteroatoms. The first-order chi connectivity index (χ1) is 13.6. The molecule has 29 heavy (non-hydrogen) atoms. The van der Waals surface area contributed by atoms with E-state index in [-0.39, 0.29) is 37.1 Å². The molecule has 2 heterocycles. The van der Waals surface area contributed by atoms with E-state index in [1.165, 1.54) is 17.0 Å². The van der Waals surface area contributed by atoms with Gasteiger partial charge >= 0.3 is 12.1 Å². The van der Waals surface area contributed by atoms with Crippen LogP contribution < -0.4 is 0 Å². The molecule has 1 atom stereocenters. The van der Waals surface area contributed by atoms with Gasteiger partial charge in [-0.2, -0.15) is 0 Å². The number of piperidine rings is 1. The van der Waals surface area contributed by atoms with Gasteiger partial charge in [0.05, 0.1) is 11.1 Å². The van der Waals surface area contributed by atoms with Crippen molar-refractivity contribution in [2.45, 2.75) is 45.4 Å². The quantitative estimate of drug-likeness (QED) is 0.717. The van der Waals surface area contributed by atoms with Crippen LogP contribution in [-0.2, 0) is 14.4 Å². The first-order valence-corrected chi connectivity index (χ1v) is 9.40. The van der Waals surface area contributed by atoms with Gasteiger partial charge in [0, 0.05) is 19.0 Å². The van der Waals surface area contributed by atoms with Crippen LogP contribution in [0.2, 0.25) is 0 Å². The smallest absolute Gasteiger partial charge is 0.410 e. The molecule has 1 fully saturated rings. The highest BCUT2D eigenvalue weighted by atomic mass is 19.1. The number of carbonyl (C=O) groups is 4. The molecular weight excluding hydrogens is 383 g/mol. The Bertz CT molecular complexity index is 807. The zero-order valence-corrected chi connectivity index (χ0v) is 16.5. The Balaban J connectivity index is 1.55. The minimum absolute atomic E-state index is 0.103. The maximum absolute atomic E-state index is 14.7. The van der Waals surface area contributed by atoms with Crippen molar-refractivity contribution in [1.82, 2.24) is 9.96 Å². The van der Waals surface area contributed by atoms with Gasteiger partial charge in [-0.15, -0.1) is 0 Å². The van der Waals surface area contributed by atoms with E-state index < -0.39 is 41.6 Å². The molecule has 0 aliphatic carbocycles. The van der Waals surface area contributed by atoms with Crippen molar-refractivity contribution >= 4 is 23.9 Å². The van der Waals surface area contributed by atoms with Gasteiger partial charge in [-0.25, -0.2) is 14.0 Å². The molecule has 1 saturated heterocycles. The summed E-state index contributed by atoms with van der Waals surface area (Å²) in [5.41, 5.74) is -0.426. The lowest BCUT2D eigenvalue weighted by Gasteiger charge is -2.34. The average Bonchev–Trinajstić information content (AvgIpc) is 2.91. The largest absolute Gasteiger partial charge is 0.444 e. The zero-order chi connectivity index (χ0) is 21.3. The predicted molar refractivity (Wildman–Crippen MR) is 98.5 cm³/mol. The average molecular weight is 406 g/mol. The Morgan fingerprint density at radius 2 is 1.59 bits per heavy atom. The van der Waals surface area contributed by atoms with Gasteiger partial charge < -0.3 is 14.5 Å². The number of imide groups is 1.